The van der Waals surface area contributed by atoms with E-state index in [1.54, 1.807) is 11.8 Å². The predicted molar refractivity (Wildman–Crippen MR) is 87.8 cm³/mol. The summed E-state index contributed by atoms with van der Waals surface area (Å²) in [5, 5.41) is 3.20. The number of nitrogens with one attached hydrogen (secondary N) is 1. The van der Waals surface area contributed by atoms with Crippen LogP contribution < -0.4 is 5.32 Å². The molecule has 0 saturated carbocycles. The zero-order valence-corrected chi connectivity index (χ0v) is 14.0. The van der Waals surface area contributed by atoms with Gasteiger partial charge in [-0.05, 0) is 49.4 Å². The summed E-state index contributed by atoms with van der Waals surface area (Å²) in [6.07, 6.45) is 0.589. The van der Waals surface area contributed by atoms with E-state index in [2.05, 4.69) is 27.3 Å². The van der Waals surface area contributed by atoms with Gasteiger partial charge in [-0.15, -0.1) is 11.8 Å². The summed E-state index contributed by atoms with van der Waals surface area (Å²) < 4.78 is 27.5. The quantitative estimate of drug-likeness (QED) is 0.741. The summed E-state index contributed by atoms with van der Waals surface area (Å²) in [6.45, 7) is 0. The van der Waals surface area contributed by atoms with Crippen molar-refractivity contribution in [2.24, 2.45) is 0 Å². The molecule has 0 aromatic heterocycles. The lowest BCUT2D eigenvalue weighted by Gasteiger charge is -2.16. The highest BCUT2D eigenvalue weighted by Crippen LogP contribution is 2.23. The minimum absolute atomic E-state index is 0.148. The van der Waals surface area contributed by atoms with Crippen molar-refractivity contribution in [3.05, 3.63) is 64.1 Å². The minimum atomic E-state index is -0.528. The van der Waals surface area contributed by atoms with Crippen LogP contribution in [0.2, 0.25) is 0 Å². The molecule has 21 heavy (non-hydrogen) atoms. The van der Waals surface area contributed by atoms with Gasteiger partial charge in [-0.2, -0.15) is 0 Å². The second-order valence-electron chi connectivity index (χ2n) is 4.74. The third kappa shape index (κ3) is 5.41. The summed E-state index contributed by atoms with van der Waals surface area (Å²) >= 11 is 5.16. The molecule has 0 heterocycles. The molecule has 1 nitrogen and oxygen atoms in total. The van der Waals surface area contributed by atoms with Crippen LogP contribution in [0.5, 0.6) is 0 Å². The molecule has 0 fully saturated rings. The van der Waals surface area contributed by atoms with Gasteiger partial charge in [0.1, 0.15) is 11.6 Å². The topological polar surface area (TPSA) is 12.0 Å². The Labute approximate surface area is 136 Å². The van der Waals surface area contributed by atoms with Crippen LogP contribution in [0.1, 0.15) is 5.56 Å². The van der Waals surface area contributed by atoms with E-state index < -0.39 is 11.6 Å². The number of hydrogen-bond acceptors (Lipinski definition) is 2. The van der Waals surface area contributed by atoms with Crippen molar-refractivity contribution < 1.29 is 8.78 Å². The van der Waals surface area contributed by atoms with Crippen LogP contribution >= 0.6 is 27.7 Å². The SMILES string of the molecule is CNC(CSc1cccc(Br)c1)Cc1cc(F)cc(F)c1. The molecule has 0 aliphatic rings. The largest absolute Gasteiger partial charge is 0.316 e. The van der Waals surface area contributed by atoms with Crippen molar-refractivity contribution in [1.82, 2.24) is 5.32 Å². The summed E-state index contributed by atoms with van der Waals surface area (Å²) in [7, 11) is 1.86. The highest BCUT2D eigenvalue weighted by atomic mass is 79.9. The Kier molecular flexibility index (Phi) is 6.21. The Morgan fingerprint density at radius 2 is 1.86 bits per heavy atom. The standard InChI is InChI=1S/C16H16BrF2NS/c1-20-15(7-11-5-13(18)9-14(19)6-11)10-21-16-4-2-3-12(17)8-16/h2-6,8-9,15,20H,7,10H2,1H3. The fourth-order valence-corrected chi connectivity index (χ4v) is 3.63. The molecule has 0 aliphatic carbocycles. The Hall–Kier alpha value is -0.910. The molecule has 0 saturated heterocycles. The van der Waals surface area contributed by atoms with Crippen molar-refractivity contribution in [3.8, 4) is 0 Å². The van der Waals surface area contributed by atoms with E-state index in [1.807, 2.05) is 25.2 Å². The third-order valence-corrected chi connectivity index (χ3v) is 4.71. The second-order valence-corrected chi connectivity index (χ2v) is 6.74. The van der Waals surface area contributed by atoms with E-state index in [1.165, 1.54) is 12.1 Å². The van der Waals surface area contributed by atoms with E-state index in [0.717, 1.165) is 21.2 Å². The molecule has 2 aromatic carbocycles. The molecule has 0 amide bonds. The number of hydrogen-bond donors (Lipinski definition) is 1. The van der Waals surface area contributed by atoms with Crippen molar-refractivity contribution in [2.45, 2.75) is 17.4 Å². The van der Waals surface area contributed by atoms with E-state index in [4.69, 9.17) is 0 Å². The van der Waals surface area contributed by atoms with Gasteiger partial charge in [-0.1, -0.05) is 22.0 Å². The summed E-state index contributed by atoms with van der Waals surface area (Å²) in [5.41, 5.74) is 0.668. The van der Waals surface area contributed by atoms with Gasteiger partial charge in [0.15, 0.2) is 0 Å². The highest BCUT2D eigenvalue weighted by molar-refractivity contribution is 9.10. The molecule has 5 heteroatoms. The Morgan fingerprint density at radius 1 is 1.14 bits per heavy atom. The number of likely N-dealkylation sites (N-methyl/N-ethyl adjacent to an activating group) is 1. The first kappa shape index (κ1) is 16.5. The lowest BCUT2D eigenvalue weighted by molar-refractivity contribution is 0.569. The normalized spacial score (nSPS) is 12.4. The molecule has 0 bridgehead atoms. The van der Waals surface area contributed by atoms with Gasteiger partial charge in [0.25, 0.3) is 0 Å². The van der Waals surface area contributed by atoms with Crippen molar-refractivity contribution in [3.63, 3.8) is 0 Å². The lowest BCUT2D eigenvalue weighted by atomic mass is 10.1. The van der Waals surface area contributed by atoms with Crippen molar-refractivity contribution in [2.75, 3.05) is 12.8 Å². The number of rotatable bonds is 6. The van der Waals surface area contributed by atoms with Gasteiger partial charge < -0.3 is 5.32 Å². The van der Waals surface area contributed by atoms with Crippen LogP contribution in [0.4, 0.5) is 8.78 Å². The minimum Gasteiger partial charge on any atom is -0.316 e. The van der Waals surface area contributed by atoms with Crippen molar-refractivity contribution >= 4 is 27.7 Å². The Balaban J connectivity index is 1.96. The van der Waals surface area contributed by atoms with Crippen LogP contribution in [-0.4, -0.2) is 18.8 Å². The molecule has 112 valence electrons. The smallest absolute Gasteiger partial charge is 0.126 e. The average molecular weight is 372 g/mol. The highest BCUT2D eigenvalue weighted by Gasteiger charge is 2.10. The average Bonchev–Trinajstić information content (AvgIpc) is 2.42. The molecule has 2 aromatic rings. The first-order valence-electron chi connectivity index (χ1n) is 6.57. The maximum Gasteiger partial charge on any atom is 0.126 e. The molecule has 1 atom stereocenters. The van der Waals surface area contributed by atoms with Crippen LogP contribution in [0, 0.1) is 11.6 Å². The number of halogens is 3. The lowest BCUT2D eigenvalue weighted by Crippen LogP contribution is -2.30. The van der Waals surface area contributed by atoms with Gasteiger partial charge in [0, 0.05) is 27.2 Å². The van der Waals surface area contributed by atoms with Crippen LogP contribution in [0.25, 0.3) is 0 Å². The monoisotopic (exact) mass is 371 g/mol. The van der Waals surface area contributed by atoms with E-state index >= 15 is 0 Å². The fraction of sp³-hybridized carbons (Fsp3) is 0.250. The van der Waals surface area contributed by atoms with Crippen LogP contribution in [0.15, 0.2) is 51.8 Å². The van der Waals surface area contributed by atoms with Gasteiger partial charge in [-0.25, -0.2) is 8.78 Å². The first-order valence-corrected chi connectivity index (χ1v) is 8.35. The molecular formula is C16H16BrF2NS. The molecule has 0 radical (unpaired) electrons. The Morgan fingerprint density at radius 3 is 2.48 bits per heavy atom. The molecule has 1 N–H and O–H groups in total. The zero-order valence-electron chi connectivity index (χ0n) is 11.6. The van der Waals surface area contributed by atoms with Crippen molar-refractivity contribution in [1.29, 1.82) is 0 Å². The van der Waals surface area contributed by atoms with Gasteiger partial charge in [0.2, 0.25) is 0 Å². The zero-order chi connectivity index (χ0) is 15.2. The number of thioether (sulfide) groups is 1. The Bertz CT molecular complexity index is 586. The van der Waals surface area contributed by atoms with E-state index in [0.29, 0.717) is 12.0 Å². The van der Waals surface area contributed by atoms with Gasteiger partial charge in [-0.3, -0.25) is 0 Å². The predicted octanol–water partition coefficient (Wildman–Crippen LogP) is 4.65. The molecule has 2 rings (SSSR count). The van der Waals surface area contributed by atoms with Crippen LogP contribution in [-0.2, 0) is 6.42 Å². The second kappa shape index (κ2) is 7.92. The van der Waals surface area contributed by atoms with E-state index in [-0.39, 0.29) is 6.04 Å². The maximum absolute atomic E-state index is 13.2. The summed E-state index contributed by atoms with van der Waals surface area (Å²) in [6, 6.07) is 11.9. The molecular weight excluding hydrogens is 356 g/mol. The van der Waals surface area contributed by atoms with Gasteiger partial charge in [0.05, 0.1) is 0 Å². The molecule has 1 unspecified atom stereocenters. The van der Waals surface area contributed by atoms with Crippen LogP contribution in [0.3, 0.4) is 0 Å². The van der Waals surface area contributed by atoms with Gasteiger partial charge >= 0.3 is 0 Å². The first-order chi connectivity index (χ1) is 10.1. The fourth-order valence-electron chi connectivity index (χ4n) is 2.01. The summed E-state index contributed by atoms with van der Waals surface area (Å²) in [4.78, 5) is 1.16. The molecule has 0 aliphatic heterocycles. The maximum atomic E-state index is 13.2. The number of benzene rings is 2. The molecule has 0 spiro atoms. The third-order valence-electron chi connectivity index (χ3n) is 3.06. The summed E-state index contributed by atoms with van der Waals surface area (Å²) in [5.74, 6) is -0.232. The van der Waals surface area contributed by atoms with E-state index in [9.17, 15) is 8.78 Å².